The number of fused-ring (bicyclic) bond motifs is 1. The number of nitrogens with zero attached hydrogens (tertiary/aromatic N) is 5. The average Bonchev–Trinajstić information content (AvgIpc) is 3.16. The standard InChI is InChI=1S/C20H19N5O2/c1-27-23-19(15-6-3-2-4-7-15)14-24-11-9-18-17(20(24)26)13-25(22-18)16-8-5-10-21-12-16/h2-8,10,12-13H,9,11,14H2,1H3. The van der Waals surface area contributed by atoms with Crippen LogP contribution in [-0.4, -0.2) is 51.5 Å². The number of oxime groups is 1. The van der Waals surface area contributed by atoms with Gasteiger partial charge in [0, 0.05) is 30.9 Å². The molecular weight excluding hydrogens is 342 g/mol. The second kappa shape index (κ2) is 7.41. The van der Waals surface area contributed by atoms with Crippen LogP contribution in [-0.2, 0) is 11.3 Å². The number of benzene rings is 1. The fourth-order valence-electron chi connectivity index (χ4n) is 3.15. The molecule has 0 radical (unpaired) electrons. The summed E-state index contributed by atoms with van der Waals surface area (Å²) >= 11 is 0. The van der Waals surface area contributed by atoms with Crippen LogP contribution in [0.5, 0.6) is 0 Å². The number of pyridine rings is 1. The maximum Gasteiger partial charge on any atom is 0.257 e. The van der Waals surface area contributed by atoms with E-state index < -0.39 is 0 Å². The number of aromatic nitrogens is 3. The summed E-state index contributed by atoms with van der Waals surface area (Å²) in [5.74, 6) is -0.0499. The van der Waals surface area contributed by atoms with E-state index >= 15 is 0 Å². The highest BCUT2D eigenvalue weighted by atomic mass is 16.6. The Balaban J connectivity index is 1.58. The van der Waals surface area contributed by atoms with Gasteiger partial charge in [-0.15, -0.1) is 0 Å². The fraction of sp³-hybridized carbons (Fsp3) is 0.200. The third kappa shape index (κ3) is 3.44. The fourth-order valence-corrected chi connectivity index (χ4v) is 3.15. The van der Waals surface area contributed by atoms with E-state index in [1.807, 2.05) is 42.5 Å². The number of carbonyl (C=O) groups excluding carboxylic acids is 1. The minimum Gasteiger partial charge on any atom is -0.399 e. The van der Waals surface area contributed by atoms with Crippen molar-refractivity contribution in [3.63, 3.8) is 0 Å². The highest BCUT2D eigenvalue weighted by Gasteiger charge is 2.28. The third-order valence-corrected chi connectivity index (χ3v) is 4.49. The van der Waals surface area contributed by atoms with Gasteiger partial charge in [0.2, 0.25) is 0 Å². The van der Waals surface area contributed by atoms with Crippen molar-refractivity contribution in [2.24, 2.45) is 5.16 Å². The van der Waals surface area contributed by atoms with Crippen LogP contribution in [0.25, 0.3) is 5.69 Å². The van der Waals surface area contributed by atoms with Crippen molar-refractivity contribution in [1.29, 1.82) is 0 Å². The van der Waals surface area contributed by atoms with Gasteiger partial charge in [0.15, 0.2) is 0 Å². The number of carbonyl (C=O) groups is 1. The summed E-state index contributed by atoms with van der Waals surface area (Å²) in [4.78, 5) is 23.9. The number of hydrogen-bond donors (Lipinski definition) is 0. The molecule has 0 saturated carbocycles. The van der Waals surface area contributed by atoms with Gasteiger partial charge in [0.1, 0.15) is 12.8 Å². The van der Waals surface area contributed by atoms with Gasteiger partial charge in [-0.25, -0.2) is 4.68 Å². The van der Waals surface area contributed by atoms with Crippen LogP contribution >= 0.6 is 0 Å². The molecule has 0 unspecified atom stereocenters. The molecule has 0 atom stereocenters. The topological polar surface area (TPSA) is 72.6 Å². The zero-order valence-electron chi connectivity index (χ0n) is 14.9. The molecule has 3 heterocycles. The van der Waals surface area contributed by atoms with Gasteiger partial charge in [0.05, 0.1) is 29.7 Å². The molecule has 0 saturated heterocycles. The Morgan fingerprint density at radius 3 is 2.81 bits per heavy atom. The largest absolute Gasteiger partial charge is 0.399 e. The molecule has 1 aliphatic rings. The minimum atomic E-state index is -0.0499. The first-order valence-electron chi connectivity index (χ1n) is 8.70. The average molecular weight is 361 g/mol. The summed E-state index contributed by atoms with van der Waals surface area (Å²) in [6.45, 7) is 0.972. The SMILES string of the molecule is CON=C(CN1CCc2nn(-c3cccnc3)cc2C1=O)c1ccccc1. The number of amides is 1. The van der Waals surface area contributed by atoms with Crippen LogP contribution in [0.3, 0.4) is 0 Å². The normalized spacial score (nSPS) is 14.2. The summed E-state index contributed by atoms with van der Waals surface area (Å²) in [6, 6.07) is 13.5. The van der Waals surface area contributed by atoms with Gasteiger partial charge in [-0.1, -0.05) is 35.5 Å². The van der Waals surface area contributed by atoms with Crippen LogP contribution in [0, 0.1) is 0 Å². The van der Waals surface area contributed by atoms with Crippen molar-refractivity contribution in [2.75, 3.05) is 20.2 Å². The molecule has 4 rings (SSSR count). The van der Waals surface area contributed by atoms with Crippen LogP contribution < -0.4 is 0 Å². The van der Waals surface area contributed by atoms with Gasteiger partial charge in [-0.3, -0.25) is 9.78 Å². The molecule has 2 aromatic heterocycles. The second-order valence-corrected chi connectivity index (χ2v) is 6.21. The molecule has 3 aromatic rings. The van der Waals surface area contributed by atoms with E-state index in [9.17, 15) is 4.79 Å². The van der Waals surface area contributed by atoms with Crippen molar-refractivity contribution in [3.05, 3.63) is 77.9 Å². The number of rotatable bonds is 5. The molecule has 7 heteroatoms. The van der Waals surface area contributed by atoms with Crippen LogP contribution in [0.15, 0.2) is 66.2 Å². The molecule has 0 fully saturated rings. The molecular formula is C20H19N5O2. The van der Waals surface area contributed by atoms with E-state index in [1.165, 1.54) is 7.11 Å². The Bertz CT molecular complexity index is 967. The Kier molecular flexibility index (Phi) is 4.65. The summed E-state index contributed by atoms with van der Waals surface area (Å²) in [5, 5.41) is 8.68. The minimum absolute atomic E-state index is 0.0499. The molecule has 0 N–H and O–H groups in total. The Morgan fingerprint density at radius 2 is 2.07 bits per heavy atom. The summed E-state index contributed by atoms with van der Waals surface area (Å²) in [6.07, 6.45) is 5.90. The number of hydrogen-bond acceptors (Lipinski definition) is 5. The molecule has 0 bridgehead atoms. The van der Waals surface area contributed by atoms with Gasteiger partial charge >= 0.3 is 0 Å². The Morgan fingerprint density at radius 1 is 1.22 bits per heavy atom. The van der Waals surface area contributed by atoms with Crippen molar-refractivity contribution >= 4 is 11.6 Å². The van der Waals surface area contributed by atoms with Gasteiger partial charge in [-0.05, 0) is 12.1 Å². The third-order valence-electron chi connectivity index (χ3n) is 4.49. The molecule has 0 spiro atoms. The van der Waals surface area contributed by atoms with E-state index in [1.54, 1.807) is 28.2 Å². The molecule has 1 aromatic carbocycles. The van der Waals surface area contributed by atoms with E-state index in [2.05, 4.69) is 15.2 Å². The molecule has 136 valence electrons. The van der Waals surface area contributed by atoms with E-state index in [0.29, 0.717) is 25.1 Å². The van der Waals surface area contributed by atoms with Crippen molar-refractivity contribution in [2.45, 2.75) is 6.42 Å². The summed E-state index contributed by atoms with van der Waals surface area (Å²) < 4.78 is 1.71. The van der Waals surface area contributed by atoms with E-state index in [-0.39, 0.29) is 5.91 Å². The molecule has 1 aliphatic heterocycles. The lowest BCUT2D eigenvalue weighted by Gasteiger charge is -2.26. The molecule has 27 heavy (non-hydrogen) atoms. The zero-order valence-corrected chi connectivity index (χ0v) is 14.9. The first-order valence-corrected chi connectivity index (χ1v) is 8.70. The van der Waals surface area contributed by atoms with E-state index in [4.69, 9.17) is 4.84 Å². The Labute approximate surface area is 156 Å². The highest BCUT2D eigenvalue weighted by Crippen LogP contribution is 2.20. The lowest BCUT2D eigenvalue weighted by atomic mass is 10.1. The predicted molar refractivity (Wildman–Crippen MR) is 101 cm³/mol. The Hall–Kier alpha value is -3.48. The lowest BCUT2D eigenvalue weighted by molar-refractivity contribution is 0.0763. The molecule has 7 nitrogen and oxygen atoms in total. The van der Waals surface area contributed by atoms with Crippen LogP contribution in [0.1, 0.15) is 21.6 Å². The second-order valence-electron chi connectivity index (χ2n) is 6.21. The molecule has 1 amide bonds. The summed E-state index contributed by atoms with van der Waals surface area (Å²) in [5.41, 5.74) is 3.91. The maximum atomic E-state index is 13.0. The first-order chi connectivity index (χ1) is 13.3. The van der Waals surface area contributed by atoms with Crippen molar-refractivity contribution in [3.8, 4) is 5.69 Å². The molecule has 0 aliphatic carbocycles. The van der Waals surface area contributed by atoms with Crippen LogP contribution in [0.4, 0.5) is 0 Å². The zero-order chi connectivity index (χ0) is 18.6. The summed E-state index contributed by atoms with van der Waals surface area (Å²) in [7, 11) is 1.51. The van der Waals surface area contributed by atoms with Crippen molar-refractivity contribution in [1.82, 2.24) is 19.7 Å². The van der Waals surface area contributed by atoms with E-state index in [0.717, 1.165) is 22.7 Å². The predicted octanol–water partition coefficient (Wildman–Crippen LogP) is 2.32. The van der Waals surface area contributed by atoms with Gasteiger partial charge < -0.3 is 9.74 Å². The van der Waals surface area contributed by atoms with Gasteiger partial charge in [0.25, 0.3) is 5.91 Å². The first kappa shape index (κ1) is 17.0. The van der Waals surface area contributed by atoms with Crippen LogP contribution in [0.2, 0.25) is 0 Å². The van der Waals surface area contributed by atoms with Crippen molar-refractivity contribution < 1.29 is 9.63 Å². The van der Waals surface area contributed by atoms with Gasteiger partial charge in [-0.2, -0.15) is 5.10 Å². The lowest BCUT2D eigenvalue weighted by Crippen LogP contribution is -2.40. The highest BCUT2D eigenvalue weighted by molar-refractivity contribution is 6.05. The monoisotopic (exact) mass is 361 g/mol. The smallest absolute Gasteiger partial charge is 0.257 e. The quantitative estimate of drug-likeness (QED) is 0.516. The maximum absolute atomic E-state index is 13.0.